The number of ether oxygens (including phenoxy) is 1. The topological polar surface area (TPSA) is 58.6 Å². The second-order valence-corrected chi connectivity index (χ2v) is 9.09. The Balaban J connectivity index is 1.91. The zero-order chi connectivity index (χ0) is 25.2. The number of carbonyl (C=O) groups excluding carboxylic acids is 2. The minimum absolute atomic E-state index is 0.139. The van der Waals surface area contributed by atoms with Crippen molar-refractivity contribution in [1.29, 1.82) is 0 Å². The van der Waals surface area contributed by atoms with Gasteiger partial charge in [-0.3, -0.25) is 9.59 Å². The third kappa shape index (κ3) is 7.44. The van der Waals surface area contributed by atoms with E-state index >= 15 is 0 Å². The SMILES string of the molecule is CCNC(=O)[C@@H](Cc1ccccc1)N(Cc1cccc(C)c1)C(=O)COc1ccccc1C(C)C. The Kier molecular flexibility index (Phi) is 9.47. The normalized spacial score (nSPS) is 11.7. The number of hydrogen-bond acceptors (Lipinski definition) is 3. The second-order valence-electron chi connectivity index (χ2n) is 9.09. The molecule has 0 aliphatic heterocycles. The Hall–Kier alpha value is -3.60. The smallest absolute Gasteiger partial charge is 0.261 e. The number of nitrogens with zero attached hydrogens (tertiary/aromatic N) is 1. The van der Waals surface area contributed by atoms with E-state index in [1.54, 1.807) is 4.90 Å². The number of amides is 2. The first-order valence-electron chi connectivity index (χ1n) is 12.3. The summed E-state index contributed by atoms with van der Waals surface area (Å²) in [6.45, 7) is 8.78. The number of carbonyl (C=O) groups is 2. The molecule has 0 fully saturated rings. The summed E-state index contributed by atoms with van der Waals surface area (Å²) in [4.78, 5) is 28.5. The van der Waals surface area contributed by atoms with Crippen molar-refractivity contribution in [1.82, 2.24) is 10.2 Å². The quantitative estimate of drug-likeness (QED) is 0.413. The molecule has 0 unspecified atom stereocenters. The van der Waals surface area contributed by atoms with E-state index in [0.717, 1.165) is 22.3 Å². The van der Waals surface area contributed by atoms with E-state index < -0.39 is 6.04 Å². The van der Waals surface area contributed by atoms with E-state index in [1.807, 2.05) is 92.7 Å². The molecule has 0 aromatic heterocycles. The molecule has 3 aromatic rings. The molecule has 3 rings (SSSR count). The average Bonchev–Trinajstić information content (AvgIpc) is 2.85. The fraction of sp³-hybridized carbons (Fsp3) is 0.333. The van der Waals surface area contributed by atoms with Crippen molar-refractivity contribution in [2.75, 3.05) is 13.2 Å². The highest BCUT2D eigenvalue weighted by atomic mass is 16.5. The van der Waals surface area contributed by atoms with Gasteiger partial charge in [0, 0.05) is 19.5 Å². The van der Waals surface area contributed by atoms with Gasteiger partial charge in [-0.25, -0.2) is 0 Å². The van der Waals surface area contributed by atoms with Crippen molar-refractivity contribution >= 4 is 11.8 Å². The second kappa shape index (κ2) is 12.7. The van der Waals surface area contributed by atoms with Gasteiger partial charge >= 0.3 is 0 Å². The van der Waals surface area contributed by atoms with Crippen molar-refractivity contribution in [3.63, 3.8) is 0 Å². The zero-order valence-electron chi connectivity index (χ0n) is 21.2. The van der Waals surface area contributed by atoms with Crippen molar-refractivity contribution in [2.45, 2.75) is 52.6 Å². The number of benzene rings is 3. The van der Waals surface area contributed by atoms with E-state index in [-0.39, 0.29) is 24.3 Å². The summed E-state index contributed by atoms with van der Waals surface area (Å²) in [5.74, 6) is 0.576. The monoisotopic (exact) mass is 472 g/mol. The van der Waals surface area contributed by atoms with Crippen LogP contribution in [0.15, 0.2) is 78.9 Å². The molecule has 5 nitrogen and oxygen atoms in total. The van der Waals surface area contributed by atoms with E-state index in [2.05, 4.69) is 19.2 Å². The van der Waals surface area contributed by atoms with E-state index in [1.165, 1.54) is 0 Å². The van der Waals surface area contributed by atoms with Crippen LogP contribution in [0.25, 0.3) is 0 Å². The van der Waals surface area contributed by atoms with Crippen LogP contribution >= 0.6 is 0 Å². The molecule has 0 spiro atoms. The van der Waals surface area contributed by atoms with Crippen LogP contribution in [0.2, 0.25) is 0 Å². The number of likely N-dealkylation sites (N-methyl/N-ethyl adjacent to an activating group) is 1. The lowest BCUT2D eigenvalue weighted by Crippen LogP contribution is -2.51. The largest absolute Gasteiger partial charge is 0.483 e. The molecule has 0 aliphatic carbocycles. The molecule has 184 valence electrons. The summed E-state index contributed by atoms with van der Waals surface area (Å²) in [5.41, 5.74) is 4.13. The molecule has 2 amide bonds. The standard InChI is InChI=1S/C30H36N2O3/c1-5-31-30(34)27(19-24-13-7-6-8-14-24)32(20-25-15-11-12-23(4)18-25)29(33)21-35-28-17-10-9-16-26(28)22(2)3/h6-18,22,27H,5,19-21H2,1-4H3,(H,31,34)/t27-/m1/s1. The van der Waals surface area contributed by atoms with Crippen molar-refractivity contribution in [2.24, 2.45) is 0 Å². The molecule has 35 heavy (non-hydrogen) atoms. The summed E-state index contributed by atoms with van der Waals surface area (Å²) in [6, 6.07) is 25.0. The highest BCUT2D eigenvalue weighted by Crippen LogP contribution is 2.26. The molecule has 3 aromatic carbocycles. The first kappa shape index (κ1) is 26.0. The Bertz CT molecular complexity index is 1110. The van der Waals surface area contributed by atoms with Crippen LogP contribution in [0.4, 0.5) is 0 Å². The molecule has 0 saturated carbocycles. The zero-order valence-corrected chi connectivity index (χ0v) is 21.2. The highest BCUT2D eigenvalue weighted by Gasteiger charge is 2.30. The maximum absolute atomic E-state index is 13.6. The molecule has 0 bridgehead atoms. The van der Waals surface area contributed by atoms with Crippen LogP contribution in [0.5, 0.6) is 5.75 Å². The van der Waals surface area contributed by atoms with Gasteiger partial charge in [0.2, 0.25) is 5.91 Å². The van der Waals surface area contributed by atoms with Gasteiger partial charge in [0.05, 0.1) is 0 Å². The fourth-order valence-corrected chi connectivity index (χ4v) is 4.16. The summed E-state index contributed by atoms with van der Waals surface area (Å²) < 4.78 is 6.02. The Morgan fingerprint density at radius 3 is 2.29 bits per heavy atom. The third-order valence-corrected chi connectivity index (χ3v) is 5.95. The van der Waals surface area contributed by atoms with Gasteiger partial charge in [-0.05, 0) is 42.5 Å². The van der Waals surface area contributed by atoms with E-state index in [0.29, 0.717) is 25.3 Å². The molecule has 5 heteroatoms. The Morgan fingerprint density at radius 2 is 1.60 bits per heavy atom. The third-order valence-electron chi connectivity index (χ3n) is 5.95. The maximum Gasteiger partial charge on any atom is 0.261 e. The lowest BCUT2D eigenvalue weighted by molar-refractivity contribution is -0.142. The first-order valence-corrected chi connectivity index (χ1v) is 12.3. The summed E-state index contributed by atoms with van der Waals surface area (Å²) in [5, 5.41) is 2.92. The van der Waals surface area contributed by atoms with Crippen LogP contribution in [0, 0.1) is 6.92 Å². The van der Waals surface area contributed by atoms with Crippen molar-refractivity contribution in [3.8, 4) is 5.75 Å². The molecular weight excluding hydrogens is 436 g/mol. The summed E-state index contributed by atoms with van der Waals surface area (Å²) in [6.07, 6.45) is 0.423. The van der Waals surface area contributed by atoms with E-state index in [4.69, 9.17) is 4.74 Å². The van der Waals surface area contributed by atoms with Crippen LogP contribution in [0.1, 0.15) is 48.9 Å². The fourth-order valence-electron chi connectivity index (χ4n) is 4.16. The predicted octanol–water partition coefficient (Wildman–Crippen LogP) is 5.27. The average molecular weight is 473 g/mol. The summed E-state index contributed by atoms with van der Waals surface area (Å²) in [7, 11) is 0. The number of nitrogens with one attached hydrogen (secondary N) is 1. The van der Waals surface area contributed by atoms with Gasteiger partial charge in [0.15, 0.2) is 6.61 Å². The van der Waals surface area contributed by atoms with Crippen LogP contribution in [0.3, 0.4) is 0 Å². The Morgan fingerprint density at radius 1 is 0.914 bits per heavy atom. The minimum atomic E-state index is -0.658. The molecular formula is C30H36N2O3. The van der Waals surface area contributed by atoms with Crippen molar-refractivity contribution < 1.29 is 14.3 Å². The highest BCUT2D eigenvalue weighted by molar-refractivity contribution is 5.88. The van der Waals surface area contributed by atoms with Gasteiger partial charge in [0.25, 0.3) is 5.91 Å². The lowest BCUT2D eigenvalue weighted by Gasteiger charge is -2.31. The minimum Gasteiger partial charge on any atom is -0.483 e. The maximum atomic E-state index is 13.6. The van der Waals surface area contributed by atoms with Crippen LogP contribution in [-0.2, 0) is 22.6 Å². The molecule has 0 radical (unpaired) electrons. The summed E-state index contributed by atoms with van der Waals surface area (Å²) >= 11 is 0. The molecule has 1 N–H and O–H groups in total. The molecule has 0 heterocycles. The van der Waals surface area contributed by atoms with E-state index in [9.17, 15) is 9.59 Å². The van der Waals surface area contributed by atoms with Gasteiger partial charge < -0.3 is 15.0 Å². The van der Waals surface area contributed by atoms with Gasteiger partial charge in [-0.2, -0.15) is 0 Å². The number of rotatable bonds is 11. The van der Waals surface area contributed by atoms with Gasteiger partial charge in [-0.1, -0.05) is 92.2 Å². The van der Waals surface area contributed by atoms with Crippen molar-refractivity contribution in [3.05, 3.63) is 101 Å². The predicted molar refractivity (Wildman–Crippen MR) is 140 cm³/mol. The number of para-hydroxylation sites is 1. The molecule has 1 atom stereocenters. The lowest BCUT2D eigenvalue weighted by atomic mass is 10.0. The van der Waals surface area contributed by atoms with Gasteiger partial charge in [0.1, 0.15) is 11.8 Å². The van der Waals surface area contributed by atoms with Gasteiger partial charge in [-0.15, -0.1) is 0 Å². The molecule has 0 saturated heterocycles. The van der Waals surface area contributed by atoms with Crippen LogP contribution in [-0.4, -0.2) is 35.9 Å². The number of hydrogen-bond donors (Lipinski definition) is 1. The Labute approximate surface area is 209 Å². The molecule has 0 aliphatic rings. The first-order chi connectivity index (χ1) is 16.9. The number of aryl methyl sites for hydroxylation is 1. The van der Waals surface area contributed by atoms with Crippen LogP contribution < -0.4 is 10.1 Å².